The highest BCUT2D eigenvalue weighted by Gasteiger charge is 2.49. The molecular formula is C22H37NO2. The summed E-state index contributed by atoms with van der Waals surface area (Å²) in [6.07, 6.45) is 8.00. The van der Waals surface area contributed by atoms with Gasteiger partial charge in [-0.05, 0) is 64.4 Å². The molecule has 1 aromatic carbocycles. The molecule has 0 bridgehead atoms. The lowest BCUT2D eigenvalue weighted by Crippen LogP contribution is -2.63. The van der Waals surface area contributed by atoms with Crippen LogP contribution in [-0.2, 0) is 11.3 Å². The van der Waals surface area contributed by atoms with Crippen molar-refractivity contribution in [3.8, 4) is 0 Å². The minimum atomic E-state index is -0.222. The van der Waals surface area contributed by atoms with Gasteiger partial charge in [0.05, 0.1) is 12.7 Å². The Hall–Kier alpha value is -0.900. The minimum absolute atomic E-state index is 0.0769. The van der Waals surface area contributed by atoms with E-state index >= 15 is 0 Å². The number of nitrogens with zero attached hydrogens (tertiary/aromatic N) is 1. The Bertz CT molecular complexity index is 486. The second kappa shape index (κ2) is 9.16. The van der Waals surface area contributed by atoms with Gasteiger partial charge < -0.3 is 5.11 Å². The van der Waals surface area contributed by atoms with E-state index in [1.54, 1.807) is 0 Å². The number of aryl methyl sites for hydroxylation is 1. The van der Waals surface area contributed by atoms with Gasteiger partial charge >= 0.3 is 0 Å². The SMILES string of the molecule is CCC1(C)CC(O)CC(C)(CC)N1OCCCCCc1ccccc1. The molecule has 0 radical (unpaired) electrons. The molecule has 0 spiro atoms. The van der Waals surface area contributed by atoms with Gasteiger partial charge in [0, 0.05) is 11.1 Å². The van der Waals surface area contributed by atoms with Crippen molar-refractivity contribution in [1.82, 2.24) is 5.06 Å². The van der Waals surface area contributed by atoms with Crippen LogP contribution in [0.15, 0.2) is 30.3 Å². The topological polar surface area (TPSA) is 32.7 Å². The fourth-order valence-electron chi connectivity index (χ4n) is 4.20. The lowest BCUT2D eigenvalue weighted by atomic mass is 9.76. The van der Waals surface area contributed by atoms with Gasteiger partial charge in [0.25, 0.3) is 0 Å². The summed E-state index contributed by atoms with van der Waals surface area (Å²) in [5.41, 5.74) is 1.27. The zero-order valence-corrected chi connectivity index (χ0v) is 16.6. The molecule has 3 heteroatoms. The van der Waals surface area contributed by atoms with E-state index in [9.17, 15) is 5.11 Å². The number of hydroxylamine groups is 2. The summed E-state index contributed by atoms with van der Waals surface area (Å²) in [5, 5.41) is 12.6. The van der Waals surface area contributed by atoms with Crippen LogP contribution in [0, 0.1) is 0 Å². The molecule has 0 aromatic heterocycles. The summed E-state index contributed by atoms with van der Waals surface area (Å²) in [6.45, 7) is 9.64. The van der Waals surface area contributed by atoms with E-state index in [1.165, 1.54) is 18.4 Å². The third-order valence-electron chi connectivity index (χ3n) is 6.03. The molecule has 3 nitrogen and oxygen atoms in total. The first-order chi connectivity index (χ1) is 11.9. The first kappa shape index (κ1) is 20.4. The molecule has 2 atom stereocenters. The molecule has 1 fully saturated rings. The second-order valence-corrected chi connectivity index (χ2v) is 8.19. The molecule has 0 saturated carbocycles. The van der Waals surface area contributed by atoms with Gasteiger partial charge in [0.1, 0.15) is 0 Å². The number of hydrogen-bond donors (Lipinski definition) is 1. The molecule has 2 rings (SSSR count). The lowest BCUT2D eigenvalue weighted by molar-refractivity contribution is -0.302. The van der Waals surface area contributed by atoms with Crippen LogP contribution in [0.3, 0.4) is 0 Å². The van der Waals surface area contributed by atoms with Gasteiger partial charge in [0.15, 0.2) is 0 Å². The maximum atomic E-state index is 10.3. The Labute approximate surface area is 154 Å². The maximum Gasteiger partial charge on any atom is 0.0685 e. The first-order valence-corrected chi connectivity index (χ1v) is 10.1. The van der Waals surface area contributed by atoms with Gasteiger partial charge in [-0.1, -0.05) is 50.6 Å². The molecule has 142 valence electrons. The Kier molecular flexibility index (Phi) is 7.48. The highest BCUT2D eigenvalue weighted by atomic mass is 16.7. The molecule has 1 heterocycles. The van der Waals surface area contributed by atoms with E-state index < -0.39 is 0 Å². The summed E-state index contributed by atoms with van der Waals surface area (Å²) in [7, 11) is 0. The van der Waals surface area contributed by atoms with Crippen molar-refractivity contribution in [2.24, 2.45) is 0 Å². The first-order valence-electron chi connectivity index (χ1n) is 10.1. The number of aliphatic hydroxyl groups excluding tert-OH is 1. The van der Waals surface area contributed by atoms with Crippen LogP contribution in [0.5, 0.6) is 0 Å². The molecule has 25 heavy (non-hydrogen) atoms. The Balaban J connectivity index is 1.80. The number of benzene rings is 1. The van der Waals surface area contributed by atoms with Gasteiger partial charge in [-0.15, -0.1) is 0 Å². The van der Waals surface area contributed by atoms with E-state index in [0.29, 0.717) is 0 Å². The number of hydrogen-bond acceptors (Lipinski definition) is 3. The molecule has 1 saturated heterocycles. The van der Waals surface area contributed by atoms with Crippen LogP contribution < -0.4 is 0 Å². The molecule has 1 aliphatic heterocycles. The molecule has 0 amide bonds. The monoisotopic (exact) mass is 347 g/mol. The normalized spacial score (nSPS) is 30.5. The van der Waals surface area contributed by atoms with Crippen molar-refractivity contribution >= 4 is 0 Å². The van der Waals surface area contributed by atoms with Crippen molar-refractivity contribution in [3.63, 3.8) is 0 Å². The van der Waals surface area contributed by atoms with Gasteiger partial charge in [-0.25, -0.2) is 0 Å². The predicted molar refractivity (Wildman–Crippen MR) is 104 cm³/mol. The van der Waals surface area contributed by atoms with E-state index in [1.807, 2.05) is 0 Å². The van der Waals surface area contributed by atoms with Gasteiger partial charge in [-0.3, -0.25) is 4.84 Å². The molecule has 1 aromatic rings. The molecular weight excluding hydrogens is 310 g/mol. The fourth-order valence-corrected chi connectivity index (χ4v) is 4.20. The zero-order chi connectivity index (χ0) is 18.3. The molecule has 1 aliphatic rings. The zero-order valence-electron chi connectivity index (χ0n) is 16.6. The summed E-state index contributed by atoms with van der Waals surface area (Å²) >= 11 is 0. The van der Waals surface area contributed by atoms with Crippen LogP contribution in [0.1, 0.15) is 78.2 Å². The summed E-state index contributed by atoms with van der Waals surface area (Å²) in [5.74, 6) is 0. The van der Waals surface area contributed by atoms with Crippen LogP contribution >= 0.6 is 0 Å². The number of aliphatic hydroxyl groups is 1. The smallest absolute Gasteiger partial charge is 0.0685 e. The summed E-state index contributed by atoms with van der Waals surface area (Å²) in [6, 6.07) is 10.7. The number of unbranched alkanes of at least 4 members (excludes halogenated alkanes) is 2. The third-order valence-corrected chi connectivity index (χ3v) is 6.03. The molecule has 2 unspecified atom stereocenters. The van der Waals surface area contributed by atoms with Gasteiger partial charge in [0.2, 0.25) is 0 Å². The lowest BCUT2D eigenvalue weighted by Gasteiger charge is -2.55. The van der Waals surface area contributed by atoms with Crippen molar-refractivity contribution < 1.29 is 9.94 Å². The van der Waals surface area contributed by atoms with E-state index in [-0.39, 0.29) is 17.2 Å². The van der Waals surface area contributed by atoms with Crippen LogP contribution in [-0.4, -0.2) is 34.0 Å². The Morgan fingerprint density at radius 2 is 1.60 bits per heavy atom. The Morgan fingerprint density at radius 1 is 1.00 bits per heavy atom. The predicted octanol–water partition coefficient (Wildman–Crippen LogP) is 5.13. The highest BCUT2D eigenvalue weighted by Crippen LogP contribution is 2.42. The van der Waals surface area contributed by atoms with Crippen LogP contribution in [0.2, 0.25) is 0 Å². The highest BCUT2D eigenvalue weighted by molar-refractivity contribution is 5.14. The largest absolute Gasteiger partial charge is 0.393 e. The van der Waals surface area contributed by atoms with Crippen molar-refractivity contribution in [3.05, 3.63) is 35.9 Å². The van der Waals surface area contributed by atoms with Crippen LogP contribution in [0.25, 0.3) is 0 Å². The minimum Gasteiger partial charge on any atom is -0.393 e. The van der Waals surface area contributed by atoms with E-state index in [4.69, 9.17) is 4.84 Å². The average Bonchev–Trinajstić information content (AvgIpc) is 2.60. The quantitative estimate of drug-likeness (QED) is 0.629. The molecule has 0 aliphatic carbocycles. The van der Waals surface area contributed by atoms with Crippen molar-refractivity contribution in [1.29, 1.82) is 0 Å². The average molecular weight is 348 g/mol. The van der Waals surface area contributed by atoms with E-state index in [0.717, 1.165) is 45.1 Å². The van der Waals surface area contributed by atoms with E-state index in [2.05, 4.69) is 63.1 Å². The molecule has 1 N–H and O–H groups in total. The van der Waals surface area contributed by atoms with Gasteiger partial charge in [-0.2, -0.15) is 5.06 Å². The standard InChI is InChI=1S/C22H37NO2/c1-5-21(3)17-20(24)18-22(4,6-2)23(21)25-16-12-8-11-15-19-13-9-7-10-14-19/h7,9-10,13-14,20,24H,5-6,8,11-12,15-18H2,1-4H3. The number of rotatable bonds is 9. The van der Waals surface area contributed by atoms with Crippen molar-refractivity contribution in [2.45, 2.75) is 96.2 Å². The number of piperidine rings is 1. The maximum absolute atomic E-state index is 10.3. The Morgan fingerprint density at radius 3 is 2.16 bits per heavy atom. The summed E-state index contributed by atoms with van der Waals surface area (Å²) in [4.78, 5) is 6.32. The van der Waals surface area contributed by atoms with Crippen molar-refractivity contribution in [2.75, 3.05) is 6.61 Å². The third kappa shape index (κ3) is 5.29. The second-order valence-electron chi connectivity index (χ2n) is 8.19. The fraction of sp³-hybridized carbons (Fsp3) is 0.727. The summed E-state index contributed by atoms with van der Waals surface area (Å²) < 4.78 is 0. The van der Waals surface area contributed by atoms with Crippen LogP contribution in [0.4, 0.5) is 0 Å².